The number of nitrogens with one attached hydrogen (secondary N) is 1. The summed E-state index contributed by atoms with van der Waals surface area (Å²) in [6, 6.07) is 13.2. The van der Waals surface area contributed by atoms with Crippen molar-refractivity contribution in [2.45, 2.75) is 26.2 Å². The first-order chi connectivity index (χ1) is 15.4. The predicted octanol–water partition coefficient (Wildman–Crippen LogP) is 1.16. The zero-order valence-corrected chi connectivity index (χ0v) is 17.5. The van der Waals surface area contributed by atoms with Gasteiger partial charge in [0.25, 0.3) is 5.91 Å². The largest absolute Gasteiger partial charge is 0.497 e. The van der Waals surface area contributed by atoms with Gasteiger partial charge in [0.2, 0.25) is 11.7 Å². The molecule has 4 rings (SSSR count). The summed E-state index contributed by atoms with van der Waals surface area (Å²) >= 11 is 0. The van der Waals surface area contributed by atoms with Crippen LogP contribution in [0.2, 0.25) is 0 Å². The van der Waals surface area contributed by atoms with Crippen molar-refractivity contribution in [3.8, 4) is 5.75 Å². The lowest BCUT2D eigenvalue weighted by Crippen LogP contribution is -2.42. The van der Waals surface area contributed by atoms with E-state index < -0.39 is 17.5 Å². The Hall–Kier alpha value is -3.95. The van der Waals surface area contributed by atoms with Crippen molar-refractivity contribution in [1.82, 2.24) is 24.6 Å². The van der Waals surface area contributed by atoms with E-state index in [1.54, 1.807) is 31.4 Å². The Balaban J connectivity index is 1.41. The maximum atomic E-state index is 13.4. The van der Waals surface area contributed by atoms with E-state index in [0.717, 1.165) is 10.2 Å². The fourth-order valence-corrected chi connectivity index (χ4v) is 3.51. The molecule has 9 nitrogen and oxygen atoms in total. The Morgan fingerprint density at radius 1 is 1.12 bits per heavy atom. The van der Waals surface area contributed by atoms with Gasteiger partial charge >= 0.3 is 5.69 Å². The number of carbonyl (C=O) groups excluding carboxylic acids is 2. The van der Waals surface area contributed by atoms with Crippen LogP contribution in [0.25, 0.3) is 0 Å². The molecule has 0 bridgehead atoms. The molecule has 0 unspecified atom stereocenters. The zero-order chi connectivity index (χ0) is 22.7. The van der Waals surface area contributed by atoms with Crippen molar-refractivity contribution in [2.75, 3.05) is 13.7 Å². The minimum atomic E-state index is -0.515. The number of ether oxygens (including phenoxy) is 1. The lowest BCUT2D eigenvalue weighted by molar-refractivity contribution is -0.122. The normalized spacial score (nSPS) is 13.1. The number of methoxy groups -OCH3 is 1. The highest BCUT2D eigenvalue weighted by Gasteiger charge is 2.30. The number of halogens is 1. The van der Waals surface area contributed by atoms with Gasteiger partial charge in [-0.2, -0.15) is 0 Å². The molecule has 1 N–H and O–H groups in total. The van der Waals surface area contributed by atoms with E-state index in [-0.39, 0.29) is 44.4 Å². The molecule has 1 aliphatic heterocycles. The molecule has 32 heavy (non-hydrogen) atoms. The lowest BCUT2D eigenvalue weighted by atomic mass is 10.2. The molecule has 10 heteroatoms. The number of fused-ring (bicyclic) bond motifs is 1. The van der Waals surface area contributed by atoms with E-state index in [9.17, 15) is 18.8 Å². The SMILES string of the molecule is COc1ccc(CNC(=O)Cn2nc3n(c2=O)CCN(Cc2cccc(F)c2)C3=O)cc1. The number of amides is 2. The van der Waals surface area contributed by atoms with Crippen LogP contribution in [0.1, 0.15) is 21.7 Å². The first-order valence-corrected chi connectivity index (χ1v) is 10.1. The van der Waals surface area contributed by atoms with Crippen molar-refractivity contribution in [2.24, 2.45) is 0 Å². The molecule has 2 amide bonds. The van der Waals surface area contributed by atoms with Crippen LogP contribution in [-0.2, 0) is 31.0 Å². The molecule has 0 fully saturated rings. The maximum Gasteiger partial charge on any atom is 0.346 e. The van der Waals surface area contributed by atoms with Crippen LogP contribution in [0.5, 0.6) is 5.75 Å². The molecule has 0 atom stereocenters. The highest BCUT2D eigenvalue weighted by atomic mass is 19.1. The molecule has 2 heterocycles. The monoisotopic (exact) mass is 439 g/mol. The van der Waals surface area contributed by atoms with E-state index in [0.29, 0.717) is 11.3 Å². The van der Waals surface area contributed by atoms with Crippen LogP contribution in [0, 0.1) is 5.82 Å². The summed E-state index contributed by atoms with van der Waals surface area (Å²) in [6.07, 6.45) is 0. The third kappa shape index (κ3) is 4.53. The average Bonchev–Trinajstić information content (AvgIpc) is 3.10. The van der Waals surface area contributed by atoms with Crippen molar-refractivity contribution < 1.29 is 18.7 Å². The van der Waals surface area contributed by atoms with Gasteiger partial charge in [0.05, 0.1) is 7.11 Å². The van der Waals surface area contributed by atoms with Crippen LogP contribution >= 0.6 is 0 Å². The molecule has 2 aromatic carbocycles. The van der Waals surface area contributed by atoms with Gasteiger partial charge in [-0.1, -0.05) is 24.3 Å². The number of carbonyl (C=O) groups is 2. The fourth-order valence-electron chi connectivity index (χ4n) is 3.51. The first-order valence-electron chi connectivity index (χ1n) is 10.1. The number of nitrogens with zero attached hydrogens (tertiary/aromatic N) is 4. The van der Waals surface area contributed by atoms with Crippen molar-refractivity contribution >= 4 is 11.8 Å². The second-order valence-corrected chi connectivity index (χ2v) is 7.40. The summed E-state index contributed by atoms with van der Waals surface area (Å²) in [5, 5.41) is 6.81. The number of benzene rings is 2. The Morgan fingerprint density at radius 3 is 2.62 bits per heavy atom. The second kappa shape index (κ2) is 9.04. The summed E-state index contributed by atoms with van der Waals surface area (Å²) in [5.41, 5.74) is 1.00. The quantitative estimate of drug-likeness (QED) is 0.596. The number of hydrogen-bond donors (Lipinski definition) is 1. The van der Waals surface area contributed by atoms with Crippen LogP contribution in [0.15, 0.2) is 53.3 Å². The Kier molecular flexibility index (Phi) is 6.02. The van der Waals surface area contributed by atoms with Gasteiger partial charge in [0.1, 0.15) is 18.1 Å². The topological polar surface area (TPSA) is 98.5 Å². The number of hydrogen-bond acceptors (Lipinski definition) is 5. The molecule has 0 aliphatic carbocycles. The Bertz CT molecular complexity index is 1200. The van der Waals surface area contributed by atoms with Crippen molar-refractivity contribution in [1.29, 1.82) is 0 Å². The van der Waals surface area contributed by atoms with E-state index in [1.165, 1.54) is 21.6 Å². The molecule has 0 radical (unpaired) electrons. The van der Waals surface area contributed by atoms with E-state index in [1.807, 2.05) is 12.1 Å². The smallest absolute Gasteiger partial charge is 0.346 e. The maximum absolute atomic E-state index is 13.4. The van der Waals surface area contributed by atoms with Crippen LogP contribution in [-0.4, -0.2) is 44.7 Å². The molecule has 0 saturated carbocycles. The third-order valence-corrected chi connectivity index (χ3v) is 5.20. The van der Waals surface area contributed by atoms with Gasteiger partial charge in [-0.25, -0.2) is 13.9 Å². The van der Waals surface area contributed by atoms with Gasteiger partial charge in [-0.15, -0.1) is 5.10 Å². The second-order valence-electron chi connectivity index (χ2n) is 7.40. The van der Waals surface area contributed by atoms with Gasteiger partial charge in [-0.3, -0.25) is 14.2 Å². The molecular formula is C22H22FN5O4. The van der Waals surface area contributed by atoms with Crippen molar-refractivity contribution in [3.63, 3.8) is 0 Å². The van der Waals surface area contributed by atoms with E-state index in [2.05, 4.69) is 10.4 Å². The molecule has 1 aromatic heterocycles. The molecule has 0 saturated heterocycles. The van der Waals surface area contributed by atoms with Crippen LogP contribution in [0.3, 0.4) is 0 Å². The van der Waals surface area contributed by atoms with Crippen LogP contribution < -0.4 is 15.7 Å². The minimum absolute atomic E-state index is 0.0272. The summed E-state index contributed by atoms with van der Waals surface area (Å²) in [7, 11) is 1.57. The minimum Gasteiger partial charge on any atom is -0.497 e. The third-order valence-electron chi connectivity index (χ3n) is 5.20. The van der Waals surface area contributed by atoms with Gasteiger partial charge in [0, 0.05) is 26.2 Å². The highest BCUT2D eigenvalue weighted by Crippen LogP contribution is 2.14. The lowest BCUT2D eigenvalue weighted by Gasteiger charge is -2.26. The Morgan fingerprint density at radius 2 is 1.91 bits per heavy atom. The van der Waals surface area contributed by atoms with Gasteiger partial charge in [-0.05, 0) is 35.4 Å². The van der Waals surface area contributed by atoms with E-state index >= 15 is 0 Å². The Labute approximate surface area is 183 Å². The highest BCUT2D eigenvalue weighted by molar-refractivity contribution is 5.91. The molecule has 0 spiro atoms. The van der Waals surface area contributed by atoms with Crippen LogP contribution in [0.4, 0.5) is 4.39 Å². The van der Waals surface area contributed by atoms with E-state index in [4.69, 9.17) is 4.74 Å². The summed E-state index contributed by atoms with van der Waals surface area (Å²) in [4.78, 5) is 39.2. The molecule has 1 aliphatic rings. The standard InChI is InChI=1S/C22H22FN5O4/c1-32-18-7-5-15(6-8-18)12-24-19(29)14-28-22(31)27-10-9-26(21(30)20(27)25-28)13-16-3-2-4-17(23)11-16/h2-8,11H,9-10,12-14H2,1H3,(H,24,29). The molecule has 166 valence electrons. The predicted molar refractivity (Wildman–Crippen MR) is 112 cm³/mol. The van der Waals surface area contributed by atoms with Gasteiger partial charge < -0.3 is 15.0 Å². The van der Waals surface area contributed by atoms with Crippen molar-refractivity contribution in [3.05, 3.63) is 81.8 Å². The number of aromatic nitrogens is 3. The fraction of sp³-hybridized carbons (Fsp3) is 0.273. The first kappa shape index (κ1) is 21.3. The summed E-state index contributed by atoms with van der Waals surface area (Å²) in [6.45, 7) is 0.734. The number of rotatable bonds is 7. The molecular weight excluding hydrogens is 417 g/mol. The summed E-state index contributed by atoms with van der Waals surface area (Å²) < 4.78 is 20.8. The summed E-state index contributed by atoms with van der Waals surface area (Å²) in [5.74, 6) is -0.529. The molecule has 3 aromatic rings. The zero-order valence-electron chi connectivity index (χ0n) is 17.5. The van der Waals surface area contributed by atoms with Gasteiger partial charge in [0.15, 0.2) is 0 Å². The average molecular weight is 439 g/mol.